The van der Waals surface area contributed by atoms with Crippen molar-refractivity contribution in [2.45, 2.75) is 12.3 Å². The van der Waals surface area contributed by atoms with Gasteiger partial charge < -0.3 is 0 Å². The van der Waals surface area contributed by atoms with Gasteiger partial charge in [-0.25, -0.2) is 0 Å². The summed E-state index contributed by atoms with van der Waals surface area (Å²) in [6.07, 6.45) is 0.162. The molecule has 1 unspecified atom stereocenters. The summed E-state index contributed by atoms with van der Waals surface area (Å²) in [6, 6.07) is 4.88. The monoisotopic (exact) mass is 243 g/mol. The van der Waals surface area contributed by atoms with E-state index in [0.29, 0.717) is 15.6 Å². The fourth-order valence-corrected chi connectivity index (χ4v) is 2.14. The molecule has 1 atom stereocenters. The molecule has 5 heteroatoms. The van der Waals surface area contributed by atoms with E-state index >= 15 is 0 Å². The molecule has 1 aliphatic rings. The Hall–Kier alpha value is -1.06. The molecule has 1 saturated heterocycles. The molecule has 0 aliphatic carbocycles. The maximum Gasteiger partial charge on any atom is 0.234 e. The number of benzene rings is 1. The van der Waals surface area contributed by atoms with E-state index < -0.39 is 5.92 Å². The number of amides is 2. The number of halogens is 2. The third-order valence-electron chi connectivity index (χ3n) is 2.26. The normalized spacial score (nSPS) is 20.5. The van der Waals surface area contributed by atoms with Gasteiger partial charge in [-0.15, -0.1) is 0 Å². The first-order valence-electron chi connectivity index (χ1n) is 4.36. The highest BCUT2D eigenvalue weighted by molar-refractivity contribution is 6.34. The Morgan fingerprint density at radius 3 is 2.20 bits per heavy atom. The highest BCUT2D eigenvalue weighted by Crippen LogP contribution is 2.29. The summed E-state index contributed by atoms with van der Waals surface area (Å²) < 4.78 is 0. The number of imide groups is 1. The van der Waals surface area contributed by atoms with Crippen LogP contribution in [0.25, 0.3) is 0 Å². The van der Waals surface area contributed by atoms with Crippen LogP contribution in [0.4, 0.5) is 0 Å². The lowest BCUT2D eigenvalue weighted by atomic mass is 9.98. The average molecular weight is 244 g/mol. The summed E-state index contributed by atoms with van der Waals surface area (Å²) in [5, 5.41) is 3.17. The average Bonchev–Trinajstić information content (AvgIpc) is 2.43. The number of hydrogen-bond donors (Lipinski definition) is 1. The Kier molecular flexibility index (Phi) is 2.67. The predicted molar refractivity (Wildman–Crippen MR) is 57.0 cm³/mol. The fourth-order valence-electron chi connectivity index (χ4n) is 1.60. The van der Waals surface area contributed by atoms with Crippen molar-refractivity contribution >= 4 is 35.0 Å². The van der Waals surface area contributed by atoms with E-state index in [1.54, 1.807) is 18.2 Å². The Balaban J connectivity index is 2.37. The van der Waals surface area contributed by atoms with Crippen LogP contribution < -0.4 is 5.32 Å². The number of carbonyl (C=O) groups excluding carboxylic acids is 2. The predicted octanol–water partition coefficient (Wildman–Crippen LogP) is 2.12. The summed E-state index contributed by atoms with van der Waals surface area (Å²) in [7, 11) is 0. The van der Waals surface area contributed by atoms with Gasteiger partial charge in [-0.1, -0.05) is 23.2 Å². The molecule has 0 radical (unpaired) electrons. The molecule has 0 saturated carbocycles. The molecule has 1 aliphatic heterocycles. The van der Waals surface area contributed by atoms with Crippen molar-refractivity contribution in [3.8, 4) is 0 Å². The van der Waals surface area contributed by atoms with Crippen LogP contribution in [0.5, 0.6) is 0 Å². The molecule has 1 heterocycles. The zero-order valence-corrected chi connectivity index (χ0v) is 9.10. The van der Waals surface area contributed by atoms with Gasteiger partial charge in [0.05, 0.1) is 5.92 Å². The molecule has 78 valence electrons. The molecule has 3 nitrogen and oxygen atoms in total. The first-order chi connectivity index (χ1) is 7.06. The Morgan fingerprint density at radius 1 is 1.13 bits per heavy atom. The second-order valence-electron chi connectivity index (χ2n) is 3.37. The van der Waals surface area contributed by atoms with E-state index in [9.17, 15) is 9.59 Å². The van der Waals surface area contributed by atoms with Crippen LogP contribution in [0.1, 0.15) is 17.9 Å². The summed E-state index contributed by atoms with van der Waals surface area (Å²) in [5.74, 6) is -1.02. The van der Waals surface area contributed by atoms with Gasteiger partial charge in [0, 0.05) is 16.5 Å². The fraction of sp³-hybridized carbons (Fsp3) is 0.200. The van der Waals surface area contributed by atoms with Gasteiger partial charge in [0.2, 0.25) is 11.8 Å². The van der Waals surface area contributed by atoms with E-state index in [1.807, 2.05) is 0 Å². The number of rotatable bonds is 1. The largest absolute Gasteiger partial charge is 0.296 e. The topological polar surface area (TPSA) is 46.2 Å². The van der Waals surface area contributed by atoms with E-state index in [4.69, 9.17) is 23.2 Å². The van der Waals surface area contributed by atoms with E-state index in [1.165, 1.54) is 0 Å². The molecule has 0 bridgehead atoms. The van der Waals surface area contributed by atoms with E-state index in [-0.39, 0.29) is 18.2 Å². The van der Waals surface area contributed by atoms with Crippen molar-refractivity contribution in [1.29, 1.82) is 0 Å². The zero-order chi connectivity index (χ0) is 11.0. The summed E-state index contributed by atoms with van der Waals surface area (Å²) in [4.78, 5) is 22.4. The second-order valence-corrected chi connectivity index (χ2v) is 4.24. The van der Waals surface area contributed by atoms with Gasteiger partial charge in [-0.3, -0.25) is 14.9 Å². The van der Waals surface area contributed by atoms with Crippen molar-refractivity contribution in [2.75, 3.05) is 0 Å². The van der Waals surface area contributed by atoms with Crippen molar-refractivity contribution in [2.24, 2.45) is 0 Å². The lowest BCUT2D eigenvalue weighted by Crippen LogP contribution is -2.21. The van der Waals surface area contributed by atoms with Crippen LogP contribution in [-0.2, 0) is 9.59 Å². The maximum atomic E-state index is 11.4. The van der Waals surface area contributed by atoms with Crippen LogP contribution in [-0.4, -0.2) is 11.8 Å². The van der Waals surface area contributed by atoms with Gasteiger partial charge in [0.15, 0.2) is 0 Å². The first-order valence-corrected chi connectivity index (χ1v) is 5.11. The van der Waals surface area contributed by atoms with Crippen molar-refractivity contribution in [1.82, 2.24) is 5.32 Å². The molecule has 0 aromatic heterocycles. The van der Waals surface area contributed by atoms with E-state index in [2.05, 4.69) is 5.32 Å². The molecule has 0 spiro atoms. The second kappa shape index (κ2) is 3.83. The van der Waals surface area contributed by atoms with Crippen LogP contribution in [0.3, 0.4) is 0 Å². The van der Waals surface area contributed by atoms with E-state index in [0.717, 1.165) is 0 Å². The maximum absolute atomic E-state index is 11.4. The number of hydrogen-bond acceptors (Lipinski definition) is 2. The minimum atomic E-state index is -0.464. The van der Waals surface area contributed by atoms with Gasteiger partial charge in [-0.05, 0) is 23.8 Å². The summed E-state index contributed by atoms with van der Waals surface area (Å²) in [5.41, 5.74) is 0.677. The van der Waals surface area contributed by atoms with Crippen molar-refractivity contribution in [3.63, 3.8) is 0 Å². The molecule has 1 aromatic rings. The van der Waals surface area contributed by atoms with Gasteiger partial charge in [0.25, 0.3) is 0 Å². The lowest BCUT2D eigenvalue weighted by Gasteiger charge is -2.07. The molecular weight excluding hydrogens is 237 g/mol. The molecule has 2 amide bonds. The van der Waals surface area contributed by atoms with Crippen LogP contribution >= 0.6 is 23.2 Å². The number of nitrogens with one attached hydrogen (secondary N) is 1. The molecule has 1 N–H and O–H groups in total. The Bertz CT molecular complexity index is 425. The quantitative estimate of drug-likeness (QED) is 0.769. The number of carbonyl (C=O) groups is 2. The zero-order valence-electron chi connectivity index (χ0n) is 7.59. The van der Waals surface area contributed by atoms with Gasteiger partial charge in [-0.2, -0.15) is 0 Å². The Labute approximate surface area is 96.4 Å². The molecule has 2 rings (SSSR count). The third kappa shape index (κ3) is 2.13. The van der Waals surface area contributed by atoms with Crippen LogP contribution in [0, 0.1) is 0 Å². The first kappa shape index (κ1) is 10.5. The standard InChI is InChI=1S/C10H7Cl2NO2/c11-6-1-5(2-7(12)3-6)8-4-9(14)13-10(8)15/h1-3,8H,4H2,(H,13,14,15). The summed E-state index contributed by atoms with van der Waals surface area (Å²) in [6.45, 7) is 0. The van der Waals surface area contributed by atoms with Crippen molar-refractivity contribution in [3.05, 3.63) is 33.8 Å². The third-order valence-corrected chi connectivity index (χ3v) is 2.69. The van der Waals surface area contributed by atoms with Crippen LogP contribution in [0.15, 0.2) is 18.2 Å². The van der Waals surface area contributed by atoms with Gasteiger partial charge >= 0.3 is 0 Å². The Morgan fingerprint density at radius 2 is 1.73 bits per heavy atom. The minimum absolute atomic E-state index is 0.162. The summed E-state index contributed by atoms with van der Waals surface area (Å²) >= 11 is 11.6. The minimum Gasteiger partial charge on any atom is -0.296 e. The smallest absolute Gasteiger partial charge is 0.234 e. The SMILES string of the molecule is O=C1CC(c2cc(Cl)cc(Cl)c2)C(=O)N1. The van der Waals surface area contributed by atoms with Crippen molar-refractivity contribution < 1.29 is 9.59 Å². The highest BCUT2D eigenvalue weighted by atomic mass is 35.5. The lowest BCUT2D eigenvalue weighted by molar-refractivity contribution is -0.125. The van der Waals surface area contributed by atoms with Crippen LogP contribution in [0.2, 0.25) is 10.0 Å². The van der Waals surface area contributed by atoms with Gasteiger partial charge in [0.1, 0.15) is 0 Å². The highest BCUT2D eigenvalue weighted by Gasteiger charge is 2.31. The molecule has 1 fully saturated rings. The molecule has 15 heavy (non-hydrogen) atoms. The molecule has 1 aromatic carbocycles. The molecular formula is C10H7Cl2NO2.